The van der Waals surface area contributed by atoms with Gasteiger partial charge in [0.15, 0.2) is 5.43 Å². The molecule has 0 bridgehead atoms. The number of carbonyl (C=O) groups is 1. The predicted molar refractivity (Wildman–Crippen MR) is 114 cm³/mol. The molecule has 1 heterocycles. The van der Waals surface area contributed by atoms with Gasteiger partial charge in [-0.15, -0.1) is 0 Å². The highest BCUT2D eigenvalue weighted by Gasteiger charge is 2.20. The Morgan fingerprint density at radius 1 is 1.07 bits per heavy atom. The molecule has 3 aromatic rings. The Kier molecular flexibility index (Phi) is 6.14. The molecule has 1 amide bonds. The molecule has 0 saturated carbocycles. The summed E-state index contributed by atoms with van der Waals surface area (Å²) in [7, 11) is 3.44. The van der Waals surface area contributed by atoms with E-state index in [0.29, 0.717) is 34.5 Å². The van der Waals surface area contributed by atoms with Gasteiger partial charge in [0, 0.05) is 24.4 Å². The van der Waals surface area contributed by atoms with Crippen molar-refractivity contribution < 1.29 is 9.53 Å². The van der Waals surface area contributed by atoms with Gasteiger partial charge in [0.05, 0.1) is 18.2 Å². The van der Waals surface area contributed by atoms with Crippen LogP contribution in [0.3, 0.4) is 0 Å². The summed E-state index contributed by atoms with van der Waals surface area (Å²) < 4.78 is 7.36. The molecule has 0 aliphatic rings. The second kappa shape index (κ2) is 8.74. The Bertz CT molecular complexity index is 1050. The molecule has 0 atom stereocenters. The van der Waals surface area contributed by atoms with Crippen molar-refractivity contribution in [1.82, 2.24) is 4.57 Å². The fourth-order valence-corrected chi connectivity index (χ4v) is 3.47. The number of aryl methyl sites for hydroxylation is 1. The van der Waals surface area contributed by atoms with Crippen LogP contribution in [0.2, 0.25) is 0 Å². The lowest BCUT2D eigenvalue weighted by molar-refractivity contribution is -0.116. The van der Waals surface area contributed by atoms with Gasteiger partial charge < -0.3 is 14.6 Å². The molecule has 3 rings (SSSR count). The number of hydrogen-bond donors (Lipinski definition) is 1. The SMILES string of the molecule is CCCCCC(=O)Nc1c(-c2ccccc2OC)c(=O)c2ccccc2n1C. The number of hydrogen-bond acceptors (Lipinski definition) is 3. The molecule has 0 fully saturated rings. The standard InChI is InChI=1S/C23H26N2O3/c1-4-5-6-15-20(26)24-23-21(17-12-8-10-14-19(17)28-3)22(27)16-11-7-9-13-18(16)25(23)2/h7-14H,4-6,15H2,1-3H3,(H,24,26). The minimum Gasteiger partial charge on any atom is -0.496 e. The number of nitrogens with zero attached hydrogens (tertiary/aromatic N) is 1. The smallest absolute Gasteiger partial charge is 0.225 e. The van der Waals surface area contributed by atoms with Crippen LogP contribution in [0, 0.1) is 0 Å². The first kappa shape index (κ1) is 19.7. The highest BCUT2D eigenvalue weighted by molar-refractivity contribution is 5.98. The van der Waals surface area contributed by atoms with Crippen molar-refractivity contribution in [2.24, 2.45) is 7.05 Å². The number of carbonyl (C=O) groups excluding carboxylic acids is 1. The Labute approximate surface area is 165 Å². The van der Waals surface area contributed by atoms with Crippen LogP contribution in [0.1, 0.15) is 32.6 Å². The molecule has 1 aromatic heterocycles. The van der Waals surface area contributed by atoms with Crippen LogP contribution in [0.25, 0.3) is 22.0 Å². The average molecular weight is 378 g/mol. The lowest BCUT2D eigenvalue weighted by atomic mass is 10.0. The molecule has 0 aliphatic carbocycles. The number of nitrogens with one attached hydrogen (secondary N) is 1. The fraction of sp³-hybridized carbons (Fsp3) is 0.304. The van der Waals surface area contributed by atoms with Gasteiger partial charge in [-0.1, -0.05) is 50.1 Å². The summed E-state index contributed by atoms with van der Waals surface area (Å²) in [5, 5.41) is 3.60. The molecule has 28 heavy (non-hydrogen) atoms. The van der Waals surface area contributed by atoms with Gasteiger partial charge >= 0.3 is 0 Å². The Morgan fingerprint density at radius 2 is 1.79 bits per heavy atom. The second-order valence-electron chi connectivity index (χ2n) is 6.83. The number of methoxy groups -OCH3 is 1. The second-order valence-corrected chi connectivity index (χ2v) is 6.83. The Morgan fingerprint density at radius 3 is 2.54 bits per heavy atom. The third-order valence-electron chi connectivity index (χ3n) is 4.95. The van der Waals surface area contributed by atoms with Crippen LogP contribution in [0.4, 0.5) is 5.82 Å². The summed E-state index contributed by atoms with van der Waals surface area (Å²) in [5.74, 6) is 1.00. The number of ether oxygens (including phenoxy) is 1. The zero-order valence-electron chi connectivity index (χ0n) is 16.6. The van der Waals surface area contributed by atoms with Crippen LogP contribution in [0.5, 0.6) is 5.75 Å². The number of para-hydroxylation sites is 2. The molecule has 0 spiro atoms. The third-order valence-corrected chi connectivity index (χ3v) is 4.95. The molecule has 146 valence electrons. The van der Waals surface area contributed by atoms with Crippen molar-refractivity contribution in [3.05, 3.63) is 58.8 Å². The Balaban J connectivity index is 2.21. The number of anilines is 1. The maximum Gasteiger partial charge on any atom is 0.225 e. The molecule has 1 N–H and O–H groups in total. The summed E-state index contributed by atoms with van der Waals surface area (Å²) in [6, 6.07) is 14.8. The van der Waals surface area contributed by atoms with Crippen LogP contribution in [-0.4, -0.2) is 17.6 Å². The summed E-state index contributed by atoms with van der Waals surface area (Å²) in [6.07, 6.45) is 3.31. The average Bonchev–Trinajstić information content (AvgIpc) is 2.72. The molecule has 2 aromatic carbocycles. The summed E-state index contributed by atoms with van der Waals surface area (Å²) in [5.41, 5.74) is 1.76. The predicted octanol–water partition coefficient (Wildman–Crippen LogP) is 4.73. The summed E-state index contributed by atoms with van der Waals surface area (Å²) >= 11 is 0. The van der Waals surface area contributed by atoms with Crippen molar-refractivity contribution in [2.45, 2.75) is 32.6 Å². The van der Waals surface area contributed by atoms with Gasteiger partial charge in [-0.3, -0.25) is 9.59 Å². The van der Waals surface area contributed by atoms with Crippen molar-refractivity contribution in [3.63, 3.8) is 0 Å². The van der Waals surface area contributed by atoms with Gasteiger partial charge in [-0.25, -0.2) is 0 Å². The zero-order valence-corrected chi connectivity index (χ0v) is 16.6. The fourth-order valence-electron chi connectivity index (χ4n) is 3.47. The van der Waals surface area contributed by atoms with E-state index in [2.05, 4.69) is 12.2 Å². The van der Waals surface area contributed by atoms with Crippen molar-refractivity contribution in [1.29, 1.82) is 0 Å². The minimum atomic E-state index is -0.123. The van der Waals surface area contributed by atoms with E-state index >= 15 is 0 Å². The number of unbranched alkanes of at least 4 members (excludes halogenated alkanes) is 2. The van der Waals surface area contributed by atoms with Crippen molar-refractivity contribution >= 4 is 22.6 Å². The first-order valence-corrected chi connectivity index (χ1v) is 9.63. The van der Waals surface area contributed by atoms with Crippen molar-refractivity contribution in [3.8, 4) is 16.9 Å². The number of benzene rings is 2. The van der Waals surface area contributed by atoms with E-state index in [1.807, 2.05) is 60.1 Å². The lowest BCUT2D eigenvalue weighted by Gasteiger charge is -2.19. The molecule has 5 heteroatoms. The first-order chi connectivity index (χ1) is 13.6. The Hall–Kier alpha value is -3.08. The van der Waals surface area contributed by atoms with Gasteiger partial charge in [-0.05, 0) is 24.6 Å². The number of rotatable bonds is 7. The number of aromatic nitrogens is 1. The lowest BCUT2D eigenvalue weighted by Crippen LogP contribution is -2.21. The highest BCUT2D eigenvalue weighted by Crippen LogP contribution is 2.34. The minimum absolute atomic E-state index is 0.0881. The molecular weight excluding hydrogens is 352 g/mol. The maximum absolute atomic E-state index is 13.4. The maximum atomic E-state index is 13.4. The van der Waals surface area contributed by atoms with E-state index in [1.54, 1.807) is 7.11 Å². The van der Waals surface area contributed by atoms with Gasteiger partial charge in [0.1, 0.15) is 11.6 Å². The number of pyridine rings is 1. The summed E-state index contributed by atoms with van der Waals surface area (Å²) in [4.78, 5) is 26.0. The van der Waals surface area contributed by atoms with E-state index in [1.165, 1.54) is 0 Å². The molecule has 0 saturated heterocycles. The molecule has 0 aliphatic heterocycles. The number of amides is 1. The first-order valence-electron chi connectivity index (χ1n) is 9.63. The quantitative estimate of drug-likeness (QED) is 0.605. The zero-order chi connectivity index (χ0) is 20.1. The van der Waals surface area contributed by atoms with Crippen molar-refractivity contribution in [2.75, 3.05) is 12.4 Å². The summed E-state index contributed by atoms with van der Waals surface area (Å²) in [6.45, 7) is 2.10. The van der Waals surface area contributed by atoms with Gasteiger partial charge in [-0.2, -0.15) is 0 Å². The van der Waals surface area contributed by atoms with E-state index in [0.717, 1.165) is 24.8 Å². The molecular formula is C23H26N2O3. The van der Waals surface area contributed by atoms with E-state index < -0.39 is 0 Å². The van der Waals surface area contributed by atoms with Crippen LogP contribution >= 0.6 is 0 Å². The van der Waals surface area contributed by atoms with Gasteiger partial charge in [0.2, 0.25) is 5.91 Å². The van der Waals surface area contributed by atoms with Crippen LogP contribution in [-0.2, 0) is 11.8 Å². The largest absolute Gasteiger partial charge is 0.496 e. The van der Waals surface area contributed by atoms with E-state index in [9.17, 15) is 9.59 Å². The monoisotopic (exact) mass is 378 g/mol. The normalized spacial score (nSPS) is 10.8. The third kappa shape index (κ3) is 3.79. The molecule has 0 radical (unpaired) electrons. The molecule has 5 nitrogen and oxygen atoms in total. The van der Waals surface area contributed by atoms with Crippen LogP contribution < -0.4 is 15.5 Å². The number of fused-ring (bicyclic) bond motifs is 1. The highest BCUT2D eigenvalue weighted by atomic mass is 16.5. The van der Waals surface area contributed by atoms with E-state index in [4.69, 9.17) is 4.74 Å². The van der Waals surface area contributed by atoms with E-state index in [-0.39, 0.29) is 11.3 Å². The van der Waals surface area contributed by atoms with Gasteiger partial charge in [0.25, 0.3) is 0 Å². The topological polar surface area (TPSA) is 60.3 Å². The molecule has 0 unspecified atom stereocenters. The van der Waals surface area contributed by atoms with Crippen LogP contribution in [0.15, 0.2) is 53.3 Å².